The van der Waals surface area contributed by atoms with E-state index < -0.39 is 0 Å². The van der Waals surface area contributed by atoms with Gasteiger partial charge in [0, 0.05) is 21.9 Å². The van der Waals surface area contributed by atoms with Crippen LogP contribution in [0.25, 0.3) is 130 Å². The van der Waals surface area contributed by atoms with E-state index in [9.17, 15) is 0 Å². The third-order valence-corrected chi connectivity index (χ3v) is 12.3. The predicted octanol–water partition coefficient (Wildman–Crippen LogP) is 15.6. The van der Waals surface area contributed by atoms with Gasteiger partial charge in [-0.2, -0.15) is 0 Å². The van der Waals surface area contributed by atoms with Crippen LogP contribution in [-0.2, 0) is 0 Å². The van der Waals surface area contributed by atoms with Crippen LogP contribution in [0.3, 0.4) is 0 Å². The van der Waals surface area contributed by atoms with Gasteiger partial charge < -0.3 is 4.42 Å². The standard InChI is InChI=1S/C54H30O/c1-2-11-37-30-49-46(26-36(37)10-1)47-28-39(41-23-21-35-18-17-33-12-7-13-34-22-25-43(41)51(35)50(33)34)29-48(54(47)55-49)53-44-24-20-31-8-3-5-14-40(31)45(44)27-38-19-16-32-9-4-6-15-42(32)52(38)53/h1-30H. The molecule has 0 saturated heterocycles. The number of rotatable bonds is 2. The van der Waals surface area contributed by atoms with Crippen molar-refractivity contribution in [3.8, 4) is 22.3 Å². The third-order valence-electron chi connectivity index (χ3n) is 12.3. The monoisotopic (exact) mass is 694 g/mol. The largest absolute Gasteiger partial charge is 0.455 e. The molecule has 0 N–H and O–H groups in total. The summed E-state index contributed by atoms with van der Waals surface area (Å²) < 4.78 is 7.11. The second-order valence-corrected chi connectivity index (χ2v) is 15.2. The Morgan fingerprint density at radius 3 is 1.69 bits per heavy atom. The topological polar surface area (TPSA) is 13.1 Å². The summed E-state index contributed by atoms with van der Waals surface area (Å²) >= 11 is 0. The van der Waals surface area contributed by atoms with E-state index >= 15 is 0 Å². The van der Waals surface area contributed by atoms with E-state index in [2.05, 4.69) is 182 Å². The lowest BCUT2D eigenvalue weighted by molar-refractivity contribution is 0.670. The summed E-state index contributed by atoms with van der Waals surface area (Å²) in [5.41, 5.74) is 6.55. The van der Waals surface area contributed by atoms with E-state index in [0.29, 0.717) is 0 Å². The Morgan fingerprint density at radius 2 is 0.855 bits per heavy atom. The summed E-state index contributed by atoms with van der Waals surface area (Å²) in [4.78, 5) is 0. The molecule has 0 aliphatic rings. The minimum Gasteiger partial charge on any atom is -0.455 e. The highest BCUT2D eigenvalue weighted by atomic mass is 16.3. The maximum absolute atomic E-state index is 7.11. The Labute approximate surface area is 315 Å². The zero-order chi connectivity index (χ0) is 35.8. The maximum Gasteiger partial charge on any atom is 0.143 e. The molecule has 0 unspecified atom stereocenters. The van der Waals surface area contributed by atoms with Crippen LogP contribution in [0, 0.1) is 0 Å². The van der Waals surface area contributed by atoms with E-state index in [1.54, 1.807) is 0 Å². The quantitative estimate of drug-likeness (QED) is 0.130. The smallest absolute Gasteiger partial charge is 0.143 e. The summed E-state index contributed by atoms with van der Waals surface area (Å²) in [5, 5.41) is 22.3. The van der Waals surface area contributed by atoms with Crippen molar-refractivity contribution < 1.29 is 4.42 Å². The summed E-state index contributed by atoms with van der Waals surface area (Å²) in [6.07, 6.45) is 0. The molecule has 0 fully saturated rings. The maximum atomic E-state index is 7.11. The van der Waals surface area contributed by atoms with E-state index in [4.69, 9.17) is 4.42 Å². The SMILES string of the molecule is c1ccc2cc3c(cc2c1)oc1c(-c2c4ccc5ccccc5c4cc4ccc5ccccc5c24)cc(-c2ccc4ccc5cccc6ccc2c4c56)cc13. The van der Waals surface area contributed by atoms with Crippen molar-refractivity contribution in [1.82, 2.24) is 0 Å². The summed E-state index contributed by atoms with van der Waals surface area (Å²) in [7, 11) is 0. The molecule has 0 bridgehead atoms. The van der Waals surface area contributed by atoms with Gasteiger partial charge in [-0.15, -0.1) is 0 Å². The van der Waals surface area contributed by atoms with Gasteiger partial charge in [-0.1, -0.05) is 152 Å². The van der Waals surface area contributed by atoms with Gasteiger partial charge in [0.05, 0.1) is 0 Å². The summed E-state index contributed by atoms with van der Waals surface area (Å²) in [6, 6.07) is 67.5. The van der Waals surface area contributed by atoms with Crippen molar-refractivity contribution in [3.63, 3.8) is 0 Å². The van der Waals surface area contributed by atoms with Crippen LogP contribution in [0.15, 0.2) is 186 Å². The van der Waals surface area contributed by atoms with Crippen molar-refractivity contribution in [1.29, 1.82) is 0 Å². The average molecular weight is 695 g/mol. The lowest BCUT2D eigenvalue weighted by atomic mass is 9.85. The highest BCUT2D eigenvalue weighted by molar-refractivity contribution is 6.30. The highest BCUT2D eigenvalue weighted by Crippen LogP contribution is 2.49. The minimum absolute atomic E-state index is 0.905. The van der Waals surface area contributed by atoms with Gasteiger partial charge in [-0.25, -0.2) is 0 Å². The number of furan rings is 1. The molecule has 0 aliphatic carbocycles. The van der Waals surface area contributed by atoms with Crippen LogP contribution < -0.4 is 0 Å². The molecule has 1 nitrogen and oxygen atoms in total. The molecule has 0 radical (unpaired) electrons. The van der Waals surface area contributed by atoms with Crippen molar-refractivity contribution in [2.45, 2.75) is 0 Å². The molecule has 252 valence electrons. The zero-order valence-corrected chi connectivity index (χ0v) is 29.7. The minimum atomic E-state index is 0.905. The first-order chi connectivity index (χ1) is 27.2. The molecule has 13 aromatic rings. The molecular weight excluding hydrogens is 665 g/mol. The van der Waals surface area contributed by atoms with Crippen molar-refractivity contribution in [2.24, 2.45) is 0 Å². The Bertz CT molecular complexity index is 3750. The van der Waals surface area contributed by atoms with Gasteiger partial charge in [-0.05, 0) is 128 Å². The molecule has 1 heteroatoms. The Kier molecular flexibility index (Phi) is 5.69. The molecule has 12 aromatic carbocycles. The van der Waals surface area contributed by atoms with Crippen LogP contribution >= 0.6 is 0 Å². The van der Waals surface area contributed by atoms with E-state index in [0.717, 1.165) is 27.5 Å². The van der Waals surface area contributed by atoms with Crippen LogP contribution in [0.2, 0.25) is 0 Å². The molecular formula is C54H30O. The molecule has 0 atom stereocenters. The first-order valence-corrected chi connectivity index (χ1v) is 19.1. The molecule has 0 spiro atoms. The Balaban J connectivity index is 1.25. The second kappa shape index (κ2) is 10.7. The number of benzene rings is 12. The Hall–Kier alpha value is -7.22. The Morgan fingerprint density at radius 1 is 0.273 bits per heavy atom. The molecule has 55 heavy (non-hydrogen) atoms. The van der Waals surface area contributed by atoms with E-state index in [1.165, 1.54) is 103 Å². The van der Waals surface area contributed by atoms with Crippen LogP contribution in [-0.4, -0.2) is 0 Å². The van der Waals surface area contributed by atoms with Gasteiger partial charge in [0.25, 0.3) is 0 Å². The van der Waals surface area contributed by atoms with E-state index in [-0.39, 0.29) is 0 Å². The zero-order valence-electron chi connectivity index (χ0n) is 29.7. The van der Waals surface area contributed by atoms with Gasteiger partial charge in [0.15, 0.2) is 0 Å². The number of fused-ring (bicyclic) bond motifs is 10. The molecule has 0 amide bonds. The molecule has 1 heterocycles. The number of hydrogen-bond acceptors (Lipinski definition) is 1. The fraction of sp³-hybridized carbons (Fsp3) is 0. The number of hydrogen-bond donors (Lipinski definition) is 0. The summed E-state index contributed by atoms with van der Waals surface area (Å²) in [5.74, 6) is 0. The van der Waals surface area contributed by atoms with Crippen molar-refractivity contribution >= 4 is 108 Å². The average Bonchev–Trinajstić information content (AvgIpc) is 3.60. The third kappa shape index (κ3) is 4.02. The first-order valence-electron chi connectivity index (χ1n) is 19.1. The molecule has 1 aromatic heterocycles. The molecule has 0 saturated carbocycles. The van der Waals surface area contributed by atoms with Crippen LogP contribution in [0.4, 0.5) is 0 Å². The second-order valence-electron chi connectivity index (χ2n) is 15.2. The highest BCUT2D eigenvalue weighted by Gasteiger charge is 2.22. The molecule has 0 aliphatic heterocycles. The van der Waals surface area contributed by atoms with Gasteiger partial charge in [0.1, 0.15) is 11.2 Å². The lowest BCUT2D eigenvalue weighted by Crippen LogP contribution is -1.91. The van der Waals surface area contributed by atoms with Crippen molar-refractivity contribution in [3.05, 3.63) is 182 Å². The van der Waals surface area contributed by atoms with E-state index in [1.807, 2.05) is 0 Å². The van der Waals surface area contributed by atoms with Crippen LogP contribution in [0.1, 0.15) is 0 Å². The van der Waals surface area contributed by atoms with Gasteiger partial charge in [-0.3, -0.25) is 0 Å². The fourth-order valence-electron chi connectivity index (χ4n) is 9.82. The van der Waals surface area contributed by atoms with Crippen LogP contribution in [0.5, 0.6) is 0 Å². The van der Waals surface area contributed by atoms with Gasteiger partial charge >= 0.3 is 0 Å². The fourth-order valence-corrected chi connectivity index (χ4v) is 9.82. The normalized spacial score (nSPS) is 12.4. The molecule has 13 rings (SSSR count). The first kappa shape index (κ1) is 29.3. The summed E-state index contributed by atoms with van der Waals surface area (Å²) in [6.45, 7) is 0. The van der Waals surface area contributed by atoms with Crippen molar-refractivity contribution in [2.75, 3.05) is 0 Å². The lowest BCUT2D eigenvalue weighted by Gasteiger charge is -2.18. The van der Waals surface area contributed by atoms with Gasteiger partial charge in [0.2, 0.25) is 0 Å². The predicted molar refractivity (Wildman–Crippen MR) is 236 cm³/mol.